The van der Waals surface area contributed by atoms with Gasteiger partial charge in [-0.3, -0.25) is 0 Å². The van der Waals surface area contributed by atoms with Crippen molar-refractivity contribution < 1.29 is 4.89 Å². The largest absolute Gasteiger partial charge is 0.246 e. The molecule has 0 aliphatic carbocycles. The van der Waals surface area contributed by atoms with E-state index in [0.717, 1.165) is 0 Å². The van der Waals surface area contributed by atoms with Crippen LogP contribution in [0, 0.1) is 0 Å². The second-order valence-electron chi connectivity index (χ2n) is 9.16. The van der Waals surface area contributed by atoms with Crippen LogP contribution >= 0.6 is 7.49 Å². The lowest BCUT2D eigenvalue weighted by atomic mass is 9.81. The standard InChI is InChI=1S/C20H36OP/c1-14(2)22(21,15(3)4)18-12-11-16(19(5,6)7)13-17(18)20(8,9)10/h11-15,21H,1-10H3/q+1. The quantitative estimate of drug-likeness (QED) is 0.713. The van der Waals surface area contributed by atoms with Gasteiger partial charge in [-0.25, -0.2) is 4.89 Å². The minimum atomic E-state index is -2.17. The monoisotopic (exact) mass is 323 g/mol. The topological polar surface area (TPSA) is 20.2 Å². The molecule has 1 aromatic rings. The molecule has 0 saturated carbocycles. The maximum atomic E-state index is 11.6. The Labute approximate surface area is 139 Å². The van der Waals surface area contributed by atoms with Crippen molar-refractivity contribution in [3.8, 4) is 0 Å². The Morgan fingerprint density at radius 2 is 1.27 bits per heavy atom. The zero-order chi connectivity index (χ0) is 17.5. The molecule has 0 fully saturated rings. The fraction of sp³-hybridized carbons (Fsp3) is 0.700. The molecule has 0 saturated heterocycles. The molecule has 1 N–H and O–H groups in total. The van der Waals surface area contributed by atoms with Gasteiger partial charge in [0.05, 0.1) is 11.3 Å². The third-order valence-electron chi connectivity index (χ3n) is 4.63. The molecule has 0 heterocycles. The van der Waals surface area contributed by atoms with Gasteiger partial charge < -0.3 is 0 Å². The minimum Gasteiger partial charge on any atom is -0.246 e. The summed E-state index contributed by atoms with van der Waals surface area (Å²) in [5.74, 6) is 0. The Morgan fingerprint density at radius 3 is 1.59 bits per heavy atom. The van der Waals surface area contributed by atoms with Crippen LogP contribution in [0.25, 0.3) is 0 Å². The summed E-state index contributed by atoms with van der Waals surface area (Å²) in [6.45, 7) is 22.2. The van der Waals surface area contributed by atoms with Crippen molar-refractivity contribution in [3.63, 3.8) is 0 Å². The maximum absolute atomic E-state index is 11.6. The lowest BCUT2D eigenvalue weighted by Crippen LogP contribution is -2.33. The van der Waals surface area contributed by atoms with Crippen LogP contribution in [-0.4, -0.2) is 16.2 Å². The zero-order valence-corrected chi connectivity index (χ0v) is 17.2. The number of hydrogen-bond acceptors (Lipinski definition) is 1. The van der Waals surface area contributed by atoms with Crippen molar-refractivity contribution in [1.82, 2.24) is 0 Å². The zero-order valence-electron chi connectivity index (χ0n) is 16.3. The molecular formula is C20H36OP+. The first-order valence-corrected chi connectivity index (χ1v) is 10.4. The number of rotatable bonds is 3. The van der Waals surface area contributed by atoms with Gasteiger partial charge >= 0.3 is 0 Å². The van der Waals surface area contributed by atoms with Crippen LogP contribution in [0.2, 0.25) is 0 Å². The van der Waals surface area contributed by atoms with Gasteiger partial charge in [-0.1, -0.05) is 53.7 Å². The van der Waals surface area contributed by atoms with Gasteiger partial charge in [-0.15, -0.1) is 0 Å². The van der Waals surface area contributed by atoms with E-state index in [9.17, 15) is 4.89 Å². The molecule has 0 bridgehead atoms. The van der Waals surface area contributed by atoms with E-state index in [-0.39, 0.29) is 22.1 Å². The first-order valence-electron chi connectivity index (χ1n) is 8.49. The molecule has 126 valence electrons. The second kappa shape index (κ2) is 6.25. The molecule has 0 amide bonds. The summed E-state index contributed by atoms with van der Waals surface area (Å²) in [6, 6.07) is 6.78. The van der Waals surface area contributed by atoms with Gasteiger partial charge in [0.1, 0.15) is 5.30 Å². The molecule has 22 heavy (non-hydrogen) atoms. The lowest BCUT2D eigenvalue weighted by Gasteiger charge is -2.34. The Hall–Kier alpha value is -0.390. The molecule has 0 unspecified atom stereocenters. The molecule has 0 spiro atoms. The predicted molar refractivity (Wildman–Crippen MR) is 103 cm³/mol. The van der Waals surface area contributed by atoms with Crippen molar-refractivity contribution in [2.75, 3.05) is 0 Å². The van der Waals surface area contributed by atoms with Crippen molar-refractivity contribution in [1.29, 1.82) is 0 Å². The third-order valence-corrected chi connectivity index (χ3v) is 8.94. The van der Waals surface area contributed by atoms with E-state index >= 15 is 0 Å². The van der Waals surface area contributed by atoms with Crippen LogP contribution in [-0.2, 0) is 10.8 Å². The highest BCUT2D eigenvalue weighted by molar-refractivity contribution is 7.79. The summed E-state index contributed by atoms with van der Waals surface area (Å²) >= 11 is 0. The SMILES string of the molecule is CC(C)[P+](O)(c1ccc(C(C)(C)C)cc1C(C)(C)C)C(C)C. The fourth-order valence-corrected chi connectivity index (χ4v) is 6.47. The van der Waals surface area contributed by atoms with Crippen LogP contribution < -0.4 is 5.30 Å². The van der Waals surface area contributed by atoms with Gasteiger partial charge in [0, 0.05) is 5.56 Å². The van der Waals surface area contributed by atoms with Crippen LogP contribution in [0.4, 0.5) is 0 Å². The molecule has 1 nitrogen and oxygen atoms in total. The first-order chi connectivity index (χ1) is 9.72. The summed E-state index contributed by atoms with van der Waals surface area (Å²) in [5, 5.41) is 1.21. The Kier molecular flexibility index (Phi) is 5.58. The molecule has 1 rings (SSSR count). The van der Waals surface area contributed by atoms with Crippen LogP contribution in [0.15, 0.2) is 18.2 Å². The van der Waals surface area contributed by atoms with Crippen molar-refractivity contribution in [3.05, 3.63) is 29.3 Å². The third kappa shape index (κ3) is 3.74. The highest BCUT2D eigenvalue weighted by Gasteiger charge is 2.48. The summed E-state index contributed by atoms with van der Waals surface area (Å²) < 4.78 is 0. The molecular weight excluding hydrogens is 287 g/mol. The van der Waals surface area contributed by atoms with E-state index in [0.29, 0.717) is 0 Å². The fourth-order valence-electron chi connectivity index (χ4n) is 3.07. The summed E-state index contributed by atoms with van der Waals surface area (Å²) in [6.07, 6.45) is 0. The molecule has 1 aromatic carbocycles. The first kappa shape index (κ1) is 19.7. The smallest absolute Gasteiger partial charge is 0.179 e. The molecule has 0 aromatic heterocycles. The van der Waals surface area contributed by atoms with E-state index < -0.39 is 7.49 Å². The predicted octanol–water partition coefficient (Wildman–Crippen LogP) is 5.65. The number of benzene rings is 1. The Bertz CT molecular complexity index is 507. The van der Waals surface area contributed by atoms with Crippen molar-refractivity contribution in [2.45, 2.75) is 91.4 Å². The highest BCUT2D eigenvalue weighted by atomic mass is 31.2. The van der Waals surface area contributed by atoms with Gasteiger partial charge in [0.15, 0.2) is 7.49 Å². The minimum absolute atomic E-state index is 0.0361. The normalized spacial score (nSPS) is 14.0. The highest BCUT2D eigenvalue weighted by Crippen LogP contribution is 2.63. The Morgan fingerprint density at radius 1 is 0.818 bits per heavy atom. The van der Waals surface area contributed by atoms with Gasteiger partial charge in [-0.2, -0.15) is 0 Å². The molecule has 0 aliphatic heterocycles. The molecule has 0 radical (unpaired) electrons. The second-order valence-corrected chi connectivity index (χ2v) is 13.2. The maximum Gasteiger partial charge on any atom is 0.179 e. The van der Waals surface area contributed by atoms with E-state index in [4.69, 9.17) is 0 Å². The van der Waals surface area contributed by atoms with Gasteiger partial charge in [0.25, 0.3) is 0 Å². The van der Waals surface area contributed by atoms with E-state index in [1.54, 1.807) is 0 Å². The van der Waals surface area contributed by atoms with Gasteiger partial charge in [0.2, 0.25) is 0 Å². The van der Waals surface area contributed by atoms with Crippen LogP contribution in [0.3, 0.4) is 0 Å². The van der Waals surface area contributed by atoms with E-state index in [1.807, 2.05) is 0 Å². The van der Waals surface area contributed by atoms with Crippen LogP contribution in [0.1, 0.15) is 80.4 Å². The van der Waals surface area contributed by atoms with Crippen LogP contribution in [0.5, 0.6) is 0 Å². The molecule has 0 aliphatic rings. The molecule has 0 atom stereocenters. The molecule has 2 heteroatoms. The summed E-state index contributed by atoms with van der Waals surface area (Å²) in [7, 11) is -2.17. The average molecular weight is 323 g/mol. The van der Waals surface area contributed by atoms with E-state index in [2.05, 4.69) is 87.4 Å². The van der Waals surface area contributed by atoms with E-state index in [1.165, 1.54) is 16.4 Å². The van der Waals surface area contributed by atoms with Gasteiger partial charge in [-0.05, 0) is 50.2 Å². The van der Waals surface area contributed by atoms with Crippen molar-refractivity contribution >= 4 is 12.8 Å². The Balaban J connectivity index is 3.68. The van der Waals surface area contributed by atoms with Crippen molar-refractivity contribution in [2.24, 2.45) is 0 Å². The summed E-state index contributed by atoms with van der Waals surface area (Å²) in [4.78, 5) is 11.6. The number of hydrogen-bond donors (Lipinski definition) is 1. The summed E-state index contributed by atoms with van der Waals surface area (Å²) in [5.41, 5.74) is 3.40. The average Bonchev–Trinajstić information content (AvgIpc) is 2.34. The lowest BCUT2D eigenvalue weighted by molar-refractivity contribution is 0.562.